The molecule has 0 amide bonds. The molecule has 21 heavy (non-hydrogen) atoms. The molecule has 1 aromatic heterocycles. The molecule has 1 aliphatic carbocycles. The molecule has 0 saturated heterocycles. The molecular formula is C14H21F3N2O2. The standard InChI is InChI=1S/C14H21F3N2O2/c1-8(2)9-3-5-10(6-4-9)13-18-12(21-19-13)7-11(20)14(15,16)17/h8-11,20H,3-7H2,1-2H3. The molecule has 0 aromatic carbocycles. The number of rotatable bonds is 4. The van der Waals surface area contributed by atoms with Crippen molar-refractivity contribution in [2.24, 2.45) is 11.8 Å². The van der Waals surface area contributed by atoms with Crippen molar-refractivity contribution in [1.29, 1.82) is 0 Å². The fraction of sp³-hybridized carbons (Fsp3) is 0.857. The molecule has 1 heterocycles. The highest BCUT2D eigenvalue weighted by atomic mass is 19.4. The molecule has 1 N–H and O–H groups in total. The van der Waals surface area contributed by atoms with Crippen molar-refractivity contribution in [3.05, 3.63) is 11.7 Å². The summed E-state index contributed by atoms with van der Waals surface area (Å²) < 4.78 is 41.7. The predicted octanol–water partition coefficient (Wildman–Crippen LogP) is 3.47. The van der Waals surface area contributed by atoms with Crippen LogP contribution in [0.3, 0.4) is 0 Å². The van der Waals surface area contributed by atoms with Gasteiger partial charge in [-0.25, -0.2) is 0 Å². The highest BCUT2D eigenvalue weighted by Gasteiger charge is 2.39. The maximum Gasteiger partial charge on any atom is 0.414 e. The first-order valence-electron chi connectivity index (χ1n) is 7.34. The molecule has 1 fully saturated rings. The van der Waals surface area contributed by atoms with Gasteiger partial charge in [0.05, 0.1) is 6.42 Å². The van der Waals surface area contributed by atoms with Gasteiger partial charge in [0.25, 0.3) is 0 Å². The van der Waals surface area contributed by atoms with Gasteiger partial charge in [-0.1, -0.05) is 19.0 Å². The maximum atomic E-state index is 12.3. The van der Waals surface area contributed by atoms with Crippen molar-refractivity contribution in [3.63, 3.8) is 0 Å². The van der Waals surface area contributed by atoms with E-state index >= 15 is 0 Å². The maximum absolute atomic E-state index is 12.3. The molecule has 0 bridgehead atoms. The zero-order chi connectivity index (χ0) is 15.6. The summed E-state index contributed by atoms with van der Waals surface area (Å²) in [4.78, 5) is 4.02. The van der Waals surface area contributed by atoms with Crippen LogP contribution in [0.25, 0.3) is 0 Å². The van der Waals surface area contributed by atoms with E-state index in [0.29, 0.717) is 17.7 Å². The van der Waals surface area contributed by atoms with Crippen LogP contribution in [0, 0.1) is 11.8 Å². The average Bonchev–Trinajstić information content (AvgIpc) is 2.86. The van der Waals surface area contributed by atoms with Gasteiger partial charge in [-0.2, -0.15) is 18.2 Å². The fourth-order valence-corrected chi connectivity index (χ4v) is 2.84. The minimum absolute atomic E-state index is 0.152. The van der Waals surface area contributed by atoms with Crippen LogP contribution in [-0.2, 0) is 6.42 Å². The number of hydrogen-bond acceptors (Lipinski definition) is 4. The summed E-state index contributed by atoms with van der Waals surface area (Å²) in [6, 6.07) is 0. The third kappa shape index (κ3) is 4.18. The Morgan fingerprint density at radius 2 is 1.86 bits per heavy atom. The van der Waals surface area contributed by atoms with Gasteiger partial charge in [-0.05, 0) is 37.5 Å². The van der Waals surface area contributed by atoms with Crippen LogP contribution in [0.15, 0.2) is 4.52 Å². The summed E-state index contributed by atoms with van der Waals surface area (Å²) in [6.07, 6.45) is -3.77. The molecule has 4 nitrogen and oxygen atoms in total. The number of aliphatic hydroxyl groups excluding tert-OH is 1. The monoisotopic (exact) mass is 306 g/mol. The first-order valence-corrected chi connectivity index (χ1v) is 7.34. The summed E-state index contributed by atoms with van der Waals surface area (Å²) in [5, 5.41) is 12.8. The third-order valence-electron chi connectivity index (χ3n) is 4.31. The largest absolute Gasteiger partial charge is 0.414 e. The molecule has 1 saturated carbocycles. The van der Waals surface area contributed by atoms with Crippen LogP contribution in [0.4, 0.5) is 13.2 Å². The topological polar surface area (TPSA) is 59.2 Å². The lowest BCUT2D eigenvalue weighted by Gasteiger charge is -2.29. The van der Waals surface area contributed by atoms with Gasteiger partial charge in [0.1, 0.15) is 0 Å². The number of hydrogen-bond donors (Lipinski definition) is 1. The van der Waals surface area contributed by atoms with E-state index in [1.165, 1.54) is 0 Å². The van der Waals surface area contributed by atoms with E-state index in [1.54, 1.807) is 0 Å². The highest BCUT2D eigenvalue weighted by Crippen LogP contribution is 2.37. The molecule has 1 aliphatic rings. The second-order valence-corrected chi connectivity index (χ2v) is 6.16. The van der Waals surface area contributed by atoms with Gasteiger partial charge in [-0.15, -0.1) is 0 Å². The normalized spacial score (nSPS) is 25.3. The molecule has 0 spiro atoms. The van der Waals surface area contributed by atoms with E-state index in [4.69, 9.17) is 9.63 Å². The Kier molecular flexibility index (Phi) is 4.91. The van der Waals surface area contributed by atoms with Crippen LogP contribution < -0.4 is 0 Å². The van der Waals surface area contributed by atoms with Crippen molar-refractivity contribution in [2.75, 3.05) is 0 Å². The zero-order valence-electron chi connectivity index (χ0n) is 12.2. The van der Waals surface area contributed by atoms with Crippen molar-refractivity contribution < 1.29 is 22.8 Å². The van der Waals surface area contributed by atoms with Gasteiger partial charge >= 0.3 is 6.18 Å². The van der Waals surface area contributed by atoms with Gasteiger partial charge < -0.3 is 9.63 Å². The van der Waals surface area contributed by atoms with E-state index in [2.05, 4.69) is 24.0 Å². The molecule has 0 radical (unpaired) electrons. The number of nitrogens with zero attached hydrogens (tertiary/aromatic N) is 2. The minimum atomic E-state index is -4.66. The second kappa shape index (κ2) is 6.34. The Bertz CT molecular complexity index is 451. The second-order valence-electron chi connectivity index (χ2n) is 6.16. The number of aromatic nitrogens is 2. The van der Waals surface area contributed by atoms with Crippen molar-refractivity contribution in [2.45, 2.75) is 64.1 Å². The molecule has 0 aliphatic heterocycles. The highest BCUT2D eigenvalue weighted by molar-refractivity contribution is 4.99. The van der Waals surface area contributed by atoms with Gasteiger partial charge in [0, 0.05) is 5.92 Å². The third-order valence-corrected chi connectivity index (χ3v) is 4.31. The SMILES string of the molecule is CC(C)C1CCC(c2noc(CC(O)C(F)(F)F)n2)CC1. The van der Waals surface area contributed by atoms with E-state index in [9.17, 15) is 13.2 Å². The van der Waals surface area contributed by atoms with Gasteiger partial charge in [0.2, 0.25) is 5.89 Å². The molecule has 7 heteroatoms. The molecule has 2 rings (SSSR count). The van der Waals surface area contributed by atoms with Crippen LogP contribution in [0.2, 0.25) is 0 Å². The van der Waals surface area contributed by atoms with Gasteiger partial charge in [0.15, 0.2) is 11.9 Å². The number of alkyl halides is 3. The van der Waals surface area contributed by atoms with E-state index in [1.807, 2.05) is 0 Å². The average molecular weight is 306 g/mol. The summed E-state index contributed by atoms with van der Waals surface area (Å²) >= 11 is 0. The Hall–Kier alpha value is -1.11. The summed E-state index contributed by atoms with van der Waals surface area (Å²) in [5.74, 6) is 1.82. The van der Waals surface area contributed by atoms with Crippen molar-refractivity contribution in [3.8, 4) is 0 Å². The Balaban J connectivity index is 1.92. The number of halogens is 3. The van der Waals surface area contributed by atoms with Crippen LogP contribution >= 0.6 is 0 Å². The summed E-state index contributed by atoms with van der Waals surface area (Å²) in [7, 11) is 0. The fourth-order valence-electron chi connectivity index (χ4n) is 2.84. The lowest BCUT2D eigenvalue weighted by atomic mass is 9.77. The minimum Gasteiger partial charge on any atom is -0.383 e. The lowest BCUT2D eigenvalue weighted by Crippen LogP contribution is -2.30. The van der Waals surface area contributed by atoms with E-state index < -0.39 is 18.7 Å². The van der Waals surface area contributed by atoms with Gasteiger partial charge in [-0.3, -0.25) is 0 Å². The quantitative estimate of drug-likeness (QED) is 0.925. The zero-order valence-corrected chi connectivity index (χ0v) is 12.2. The molecule has 1 atom stereocenters. The van der Waals surface area contributed by atoms with Crippen LogP contribution in [-0.4, -0.2) is 27.5 Å². The molecule has 1 unspecified atom stereocenters. The Morgan fingerprint density at radius 3 is 2.38 bits per heavy atom. The first kappa shape index (κ1) is 16.3. The van der Waals surface area contributed by atoms with Crippen molar-refractivity contribution >= 4 is 0 Å². The smallest absolute Gasteiger partial charge is 0.383 e. The first-order chi connectivity index (χ1) is 9.77. The lowest BCUT2D eigenvalue weighted by molar-refractivity contribution is -0.204. The Labute approximate surface area is 121 Å². The molecular weight excluding hydrogens is 285 g/mol. The van der Waals surface area contributed by atoms with Crippen molar-refractivity contribution in [1.82, 2.24) is 10.1 Å². The Morgan fingerprint density at radius 1 is 1.24 bits per heavy atom. The predicted molar refractivity (Wildman–Crippen MR) is 69.6 cm³/mol. The van der Waals surface area contributed by atoms with E-state index in [0.717, 1.165) is 25.7 Å². The van der Waals surface area contributed by atoms with Crippen LogP contribution in [0.1, 0.15) is 57.2 Å². The number of aliphatic hydroxyl groups is 1. The van der Waals surface area contributed by atoms with E-state index in [-0.39, 0.29) is 11.8 Å². The molecule has 120 valence electrons. The summed E-state index contributed by atoms with van der Waals surface area (Å²) in [6.45, 7) is 4.41. The summed E-state index contributed by atoms with van der Waals surface area (Å²) in [5.41, 5.74) is 0. The van der Waals surface area contributed by atoms with Crippen LogP contribution in [0.5, 0.6) is 0 Å². The molecule has 1 aromatic rings.